The molecule has 1 atom stereocenters. The number of nitrogens with two attached hydrogens (primary N) is 2. The van der Waals surface area contributed by atoms with Crippen LogP contribution in [0.15, 0.2) is 60.0 Å². The number of halogens is 2. The van der Waals surface area contributed by atoms with Crippen molar-refractivity contribution in [3.63, 3.8) is 0 Å². The van der Waals surface area contributed by atoms with Crippen molar-refractivity contribution in [2.24, 2.45) is 16.8 Å². The molecule has 1 aliphatic rings. The monoisotopic (exact) mass is 499 g/mol. The highest BCUT2D eigenvalue weighted by Crippen LogP contribution is 2.35. The standard InChI is InChI=1S/C25H31Cl2N7/c1-2-3-10-34(29)25(31-28)23(20-9-8-18-6-4-5-7-19(18)15-20)32-11-13-33(14-12-32)24-21(26)16-30-17-22(24)27/h4-9,15-17,23H,2-3,10-14,28-29H2,1H3/b31-25-. The minimum absolute atomic E-state index is 0.165. The predicted octanol–water partition coefficient (Wildman–Crippen LogP) is 4.65. The lowest BCUT2D eigenvalue weighted by Gasteiger charge is -2.42. The fourth-order valence-corrected chi connectivity index (χ4v) is 5.16. The molecule has 180 valence electrons. The Morgan fingerprint density at radius 2 is 1.74 bits per heavy atom. The van der Waals surface area contributed by atoms with Crippen molar-refractivity contribution in [1.29, 1.82) is 0 Å². The SMILES string of the molecule is CCCCN(N)/C(=N\N)C(c1ccc2ccccc2c1)N1CCN(c2c(Cl)cncc2Cl)CC1. The maximum Gasteiger partial charge on any atom is 0.160 e. The zero-order valence-electron chi connectivity index (χ0n) is 19.4. The summed E-state index contributed by atoms with van der Waals surface area (Å²) in [7, 11) is 0. The number of rotatable bonds is 7. The zero-order chi connectivity index (χ0) is 24.1. The molecule has 34 heavy (non-hydrogen) atoms. The number of nitrogens with zero attached hydrogens (tertiary/aromatic N) is 5. The summed E-state index contributed by atoms with van der Waals surface area (Å²) in [6.45, 7) is 5.89. The zero-order valence-corrected chi connectivity index (χ0v) is 20.9. The molecule has 7 nitrogen and oxygen atoms in total. The lowest BCUT2D eigenvalue weighted by molar-refractivity contribution is 0.214. The molecule has 4 N–H and O–H groups in total. The van der Waals surface area contributed by atoms with E-state index in [9.17, 15) is 0 Å². The van der Waals surface area contributed by atoms with Crippen LogP contribution in [-0.2, 0) is 0 Å². The molecule has 3 aromatic rings. The molecule has 2 aromatic carbocycles. The van der Waals surface area contributed by atoms with E-state index in [4.69, 9.17) is 34.9 Å². The van der Waals surface area contributed by atoms with Gasteiger partial charge < -0.3 is 10.7 Å². The van der Waals surface area contributed by atoms with Crippen molar-refractivity contribution in [1.82, 2.24) is 14.9 Å². The summed E-state index contributed by atoms with van der Waals surface area (Å²) in [6, 6.07) is 14.7. The predicted molar refractivity (Wildman–Crippen MR) is 142 cm³/mol. The molecule has 0 radical (unpaired) electrons. The Labute approximate surface area is 210 Å². The molecule has 2 heterocycles. The van der Waals surface area contributed by atoms with Crippen LogP contribution in [0.5, 0.6) is 0 Å². The van der Waals surface area contributed by atoms with Gasteiger partial charge in [-0.3, -0.25) is 14.9 Å². The van der Waals surface area contributed by atoms with E-state index in [0.717, 1.165) is 50.3 Å². The quantitative estimate of drug-likeness (QED) is 0.213. The number of pyridine rings is 1. The van der Waals surface area contributed by atoms with Gasteiger partial charge in [0.2, 0.25) is 0 Å². The largest absolute Gasteiger partial charge is 0.366 e. The summed E-state index contributed by atoms with van der Waals surface area (Å²) in [5.74, 6) is 13.1. The maximum absolute atomic E-state index is 6.47. The first-order chi connectivity index (χ1) is 16.5. The molecular formula is C25H31Cl2N7. The molecular weight excluding hydrogens is 469 g/mol. The van der Waals surface area contributed by atoms with Gasteiger partial charge in [0.1, 0.15) is 0 Å². The number of fused-ring (bicyclic) bond motifs is 1. The second kappa shape index (κ2) is 11.2. The molecule has 9 heteroatoms. The Balaban J connectivity index is 1.64. The fourth-order valence-electron chi connectivity index (χ4n) is 4.56. The normalized spacial score (nSPS) is 16.1. The number of hydrazine groups is 1. The summed E-state index contributed by atoms with van der Waals surface area (Å²) in [5, 5.41) is 9.38. The van der Waals surface area contributed by atoms with Gasteiger partial charge in [-0.1, -0.05) is 72.9 Å². The maximum atomic E-state index is 6.47. The summed E-state index contributed by atoms with van der Waals surface area (Å²) >= 11 is 12.8. The highest BCUT2D eigenvalue weighted by Gasteiger charge is 2.32. The number of hydrogen-bond acceptors (Lipinski definition) is 6. The average Bonchev–Trinajstić information content (AvgIpc) is 2.86. The van der Waals surface area contributed by atoms with E-state index in [-0.39, 0.29) is 6.04 Å². The molecule has 0 spiro atoms. The third-order valence-electron chi connectivity index (χ3n) is 6.34. The van der Waals surface area contributed by atoms with Gasteiger partial charge in [0.05, 0.1) is 21.8 Å². The van der Waals surface area contributed by atoms with E-state index >= 15 is 0 Å². The van der Waals surface area contributed by atoms with Gasteiger partial charge in [0, 0.05) is 45.1 Å². The Hall–Kier alpha value is -2.58. The van der Waals surface area contributed by atoms with Crippen LogP contribution in [0.2, 0.25) is 10.0 Å². The van der Waals surface area contributed by atoms with E-state index in [1.807, 2.05) is 6.07 Å². The molecule has 0 aliphatic carbocycles. The lowest BCUT2D eigenvalue weighted by Crippen LogP contribution is -2.53. The number of hydrazone groups is 1. The van der Waals surface area contributed by atoms with Gasteiger partial charge >= 0.3 is 0 Å². The smallest absolute Gasteiger partial charge is 0.160 e. The number of benzene rings is 2. The molecule has 0 amide bonds. The van der Waals surface area contributed by atoms with Crippen LogP contribution < -0.4 is 16.6 Å². The summed E-state index contributed by atoms with van der Waals surface area (Å²) in [4.78, 5) is 8.66. The topological polar surface area (TPSA) is 87.0 Å². The van der Waals surface area contributed by atoms with E-state index < -0.39 is 0 Å². The van der Waals surface area contributed by atoms with Gasteiger partial charge in [-0.25, -0.2) is 5.84 Å². The third kappa shape index (κ3) is 5.23. The first-order valence-corrected chi connectivity index (χ1v) is 12.4. The summed E-state index contributed by atoms with van der Waals surface area (Å²) in [5.41, 5.74) is 1.94. The van der Waals surface area contributed by atoms with Gasteiger partial charge in [-0.15, -0.1) is 0 Å². The highest BCUT2D eigenvalue weighted by atomic mass is 35.5. The van der Waals surface area contributed by atoms with Crippen molar-refractivity contribution in [3.8, 4) is 0 Å². The van der Waals surface area contributed by atoms with Gasteiger partial charge in [-0.2, -0.15) is 5.10 Å². The van der Waals surface area contributed by atoms with Crippen LogP contribution in [0, 0.1) is 0 Å². The number of hydrogen-bond donors (Lipinski definition) is 2. The third-order valence-corrected chi connectivity index (χ3v) is 6.89. The van der Waals surface area contributed by atoms with Crippen LogP contribution in [0.25, 0.3) is 10.8 Å². The first kappa shape index (κ1) is 24.5. The van der Waals surface area contributed by atoms with Gasteiger partial charge in [-0.05, 0) is 28.8 Å². The number of piperazine rings is 1. The minimum Gasteiger partial charge on any atom is -0.366 e. The van der Waals surface area contributed by atoms with Crippen LogP contribution in [0.3, 0.4) is 0 Å². The summed E-state index contributed by atoms with van der Waals surface area (Å²) < 4.78 is 0. The van der Waals surface area contributed by atoms with E-state index in [1.165, 1.54) is 10.8 Å². The highest BCUT2D eigenvalue weighted by molar-refractivity contribution is 6.38. The van der Waals surface area contributed by atoms with E-state index in [1.54, 1.807) is 17.4 Å². The van der Waals surface area contributed by atoms with E-state index in [0.29, 0.717) is 22.4 Å². The molecule has 4 rings (SSSR count). The number of anilines is 1. The first-order valence-electron chi connectivity index (χ1n) is 11.6. The number of unbranched alkanes of at least 4 members (excludes halogenated alkanes) is 1. The molecule has 0 bridgehead atoms. The van der Waals surface area contributed by atoms with Crippen molar-refractivity contribution < 1.29 is 0 Å². The Kier molecular flexibility index (Phi) is 8.11. The van der Waals surface area contributed by atoms with Crippen LogP contribution >= 0.6 is 23.2 Å². The Bertz CT molecular complexity index is 1120. The molecule has 1 aromatic heterocycles. The average molecular weight is 500 g/mol. The Morgan fingerprint density at radius 3 is 2.38 bits per heavy atom. The van der Waals surface area contributed by atoms with Gasteiger partial charge in [0.15, 0.2) is 5.84 Å². The van der Waals surface area contributed by atoms with Crippen molar-refractivity contribution in [2.45, 2.75) is 25.8 Å². The van der Waals surface area contributed by atoms with Crippen LogP contribution in [0.1, 0.15) is 31.4 Å². The van der Waals surface area contributed by atoms with Gasteiger partial charge in [0.25, 0.3) is 0 Å². The second-order valence-corrected chi connectivity index (χ2v) is 9.33. The van der Waals surface area contributed by atoms with E-state index in [2.05, 4.69) is 63.2 Å². The van der Waals surface area contributed by atoms with Crippen molar-refractivity contribution in [2.75, 3.05) is 37.6 Å². The molecule has 0 saturated carbocycles. The van der Waals surface area contributed by atoms with Crippen LogP contribution in [-0.4, -0.2) is 53.5 Å². The minimum atomic E-state index is -0.165. The van der Waals surface area contributed by atoms with Crippen molar-refractivity contribution in [3.05, 3.63) is 70.5 Å². The second-order valence-electron chi connectivity index (χ2n) is 8.52. The Morgan fingerprint density at radius 1 is 1.06 bits per heavy atom. The molecule has 1 unspecified atom stereocenters. The molecule has 1 aliphatic heterocycles. The molecule has 1 fully saturated rings. The number of amidine groups is 1. The van der Waals surface area contributed by atoms with Crippen molar-refractivity contribution >= 4 is 45.5 Å². The number of aromatic nitrogens is 1. The van der Waals surface area contributed by atoms with Crippen LogP contribution in [0.4, 0.5) is 5.69 Å². The fraction of sp³-hybridized carbons (Fsp3) is 0.360. The summed E-state index contributed by atoms with van der Waals surface area (Å²) in [6.07, 6.45) is 5.27. The lowest BCUT2D eigenvalue weighted by atomic mass is 9.98. The molecule has 1 saturated heterocycles.